The highest BCUT2D eigenvalue weighted by molar-refractivity contribution is 7.89. The molecule has 118 valence electrons. The Balaban J connectivity index is 2.95. The van der Waals surface area contributed by atoms with Crippen LogP contribution in [0.2, 0.25) is 0 Å². The number of benzene rings is 1. The summed E-state index contributed by atoms with van der Waals surface area (Å²) in [4.78, 5) is 10.7. The summed E-state index contributed by atoms with van der Waals surface area (Å²) in [6.07, 6.45) is -0.162. The van der Waals surface area contributed by atoms with Gasteiger partial charge in [0.1, 0.15) is 0 Å². The molecule has 0 saturated heterocycles. The number of methoxy groups -OCH3 is 1. The maximum Gasteiger partial charge on any atom is 0.307 e. The summed E-state index contributed by atoms with van der Waals surface area (Å²) in [5.74, 6) is -0.979. The highest BCUT2D eigenvalue weighted by Gasteiger charge is 2.23. The van der Waals surface area contributed by atoms with Crippen LogP contribution in [0.15, 0.2) is 29.2 Å². The van der Waals surface area contributed by atoms with Gasteiger partial charge in [-0.15, -0.1) is 0 Å². The van der Waals surface area contributed by atoms with Gasteiger partial charge in [-0.1, -0.05) is 12.1 Å². The lowest BCUT2D eigenvalue weighted by Gasteiger charge is -2.21. The number of carboxylic acid groups (broad SMARTS) is 1. The summed E-state index contributed by atoms with van der Waals surface area (Å²) in [7, 11) is -2.27. The van der Waals surface area contributed by atoms with E-state index in [9.17, 15) is 13.2 Å². The predicted molar refractivity (Wildman–Crippen MR) is 75.5 cm³/mol. The predicted octanol–water partition coefficient (Wildman–Crippen LogP) is -0.0569. The highest BCUT2D eigenvalue weighted by atomic mass is 32.2. The third kappa shape index (κ3) is 5.09. The lowest BCUT2D eigenvalue weighted by atomic mass is 10.2. The first-order valence-electron chi connectivity index (χ1n) is 6.32. The number of nitrogens with zero attached hydrogens (tertiary/aromatic N) is 1. The second kappa shape index (κ2) is 8.08. The number of carbonyl (C=O) groups is 1. The van der Waals surface area contributed by atoms with Crippen molar-refractivity contribution >= 4 is 16.0 Å². The number of hydrogen-bond donors (Lipinski definition) is 2. The van der Waals surface area contributed by atoms with E-state index in [1.165, 1.54) is 31.4 Å². The standard InChI is InChI=1S/C13H19NO6S/c1-20-9-7-14(6-8-15)21(18,19)12-4-2-11(3-5-12)10-13(16)17/h2-5,15H,6-10H2,1H3,(H,16,17). The lowest BCUT2D eigenvalue weighted by molar-refractivity contribution is -0.136. The summed E-state index contributed by atoms with van der Waals surface area (Å²) in [6.45, 7) is 0.0369. The number of ether oxygens (including phenoxy) is 1. The Labute approximate surface area is 123 Å². The van der Waals surface area contributed by atoms with E-state index < -0.39 is 16.0 Å². The fourth-order valence-electron chi connectivity index (χ4n) is 1.76. The van der Waals surface area contributed by atoms with E-state index >= 15 is 0 Å². The second-order valence-electron chi connectivity index (χ2n) is 4.33. The van der Waals surface area contributed by atoms with E-state index in [2.05, 4.69) is 0 Å². The number of aliphatic hydroxyl groups excluding tert-OH is 1. The van der Waals surface area contributed by atoms with Gasteiger partial charge in [0.05, 0.1) is 24.5 Å². The van der Waals surface area contributed by atoms with Gasteiger partial charge in [-0.3, -0.25) is 4.79 Å². The van der Waals surface area contributed by atoms with Gasteiger partial charge < -0.3 is 14.9 Å². The quantitative estimate of drug-likeness (QED) is 0.661. The summed E-state index contributed by atoms with van der Waals surface area (Å²) < 4.78 is 30.8. The van der Waals surface area contributed by atoms with Crippen LogP contribution in [-0.2, 0) is 26.0 Å². The first-order valence-corrected chi connectivity index (χ1v) is 7.76. The maximum atomic E-state index is 12.4. The molecular weight excluding hydrogens is 298 g/mol. The van der Waals surface area contributed by atoms with Crippen LogP contribution >= 0.6 is 0 Å². The zero-order valence-corrected chi connectivity index (χ0v) is 12.5. The fraction of sp³-hybridized carbons (Fsp3) is 0.462. The first kappa shape index (κ1) is 17.6. The molecule has 0 aliphatic rings. The number of aliphatic hydroxyl groups is 1. The Morgan fingerprint density at radius 3 is 2.33 bits per heavy atom. The van der Waals surface area contributed by atoms with E-state index in [4.69, 9.17) is 14.9 Å². The number of hydrogen-bond acceptors (Lipinski definition) is 5. The molecule has 0 aromatic heterocycles. The Morgan fingerprint density at radius 2 is 1.86 bits per heavy atom. The molecule has 0 bridgehead atoms. The molecule has 8 heteroatoms. The van der Waals surface area contributed by atoms with Crippen LogP contribution in [-0.4, -0.2) is 62.3 Å². The molecule has 0 aliphatic heterocycles. The number of aliphatic carboxylic acids is 1. The van der Waals surface area contributed by atoms with Crippen molar-refractivity contribution in [1.29, 1.82) is 0 Å². The zero-order valence-electron chi connectivity index (χ0n) is 11.7. The smallest absolute Gasteiger partial charge is 0.307 e. The number of sulfonamides is 1. The summed E-state index contributed by atoms with van der Waals surface area (Å²) >= 11 is 0. The molecule has 0 aliphatic carbocycles. The third-order valence-electron chi connectivity index (χ3n) is 2.81. The van der Waals surface area contributed by atoms with Crippen molar-refractivity contribution < 1.29 is 28.2 Å². The van der Waals surface area contributed by atoms with Crippen molar-refractivity contribution in [3.05, 3.63) is 29.8 Å². The first-order chi connectivity index (χ1) is 9.91. The van der Waals surface area contributed by atoms with Crippen molar-refractivity contribution in [3.63, 3.8) is 0 Å². The molecule has 0 radical (unpaired) electrons. The van der Waals surface area contributed by atoms with Crippen LogP contribution in [0.25, 0.3) is 0 Å². The van der Waals surface area contributed by atoms with E-state index in [0.29, 0.717) is 5.56 Å². The van der Waals surface area contributed by atoms with Gasteiger partial charge >= 0.3 is 5.97 Å². The maximum absolute atomic E-state index is 12.4. The summed E-state index contributed by atoms with van der Waals surface area (Å²) in [6, 6.07) is 5.67. The van der Waals surface area contributed by atoms with Gasteiger partial charge in [0.15, 0.2) is 0 Å². The molecule has 0 fully saturated rings. The normalized spacial score (nSPS) is 11.8. The van der Waals surface area contributed by atoms with E-state index in [0.717, 1.165) is 4.31 Å². The van der Waals surface area contributed by atoms with Gasteiger partial charge in [-0.05, 0) is 17.7 Å². The minimum absolute atomic E-state index is 0.0252. The van der Waals surface area contributed by atoms with Crippen molar-refractivity contribution in [2.45, 2.75) is 11.3 Å². The zero-order chi connectivity index (χ0) is 15.9. The van der Waals surface area contributed by atoms with Gasteiger partial charge in [-0.2, -0.15) is 4.31 Å². The monoisotopic (exact) mass is 317 g/mol. The van der Waals surface area contributed by atoms with Crippen LogP contribution in [0, 0.1) is 0 Å². The van der Waals surface area contributed by atoms with Crippen LogP contribution < -0.4 is 0 Å². The minimum Gasteiger partial charge on any atom is -0.481 e. The average molecular weight is 317 g/mol. The Hall–Kier alpha value is -1.48. The lowest BCUT2D eigenvalue weighted by Crippen LogP contribution is -2.36. The molecule has 0 saturated carbocycles. The molecular formula is C13H19NO6S. The van der Waals surface area contributed by atoms with Crippen LogP contribution in [0.3, 0.4) is 0 Å². The molecule has 7 nitrogen and oxygen atoms in total. The topological polar surface area (TPSA) is 104 Å². The molecule has 1 aromatic carbocycles. The third-order valence-corrected chi connectivity index (χ3v) is 4.72. The SMILES string of the molecule is COCCN(CCO)S(=O)(=O)c1ccc(CC(=O)O)cc1. The van der Waals surface area contributed by atoms with Crippen molar-refractivity contribution in [2.24, 2.45) is 0 Å². The Kier molecular flexibility index (Phi) is 6.76. The second-order valence-corrected chi connectivity index (χ2v) is 6.27. The molecule has 0 spiro atoms. The van der Waals surface area contributed by atoms with E-state index in [1.807, 2.05) is 0 Å². The Bertz CT molecular complexity index is 555. The molecule has 2 N–H and O–H groups in total. The highest BCUT2D eigenvalue weighted by Crippen LogP contribution is 2.16. The molecule has 1 rings (SSSR count). The largest absolute Gasteiger partial charge is 0.481 e. The van der Waals surface area contributed by atoms with Gasteiger partial charge in [0.2, 0.25) is 10.0 Å². The molecule has 0 amide bonds. The van der Waals surface area contributed by atoms with Crippen LogP contribution in [0.5, 0.6) is 0 Å². The van der Waals surface area contributed by atoms with Crippen molar-refractivity contribution in [1.82, 2.24) is 4.31 Å². The van der Waals surface area contributed by atoms with Gasteiger partial charge in [0, 0.05) is 20.2 Å². The fourth-order valence-corrected chi connectivity index (χ4v) is 3.17. The average Bonchev–Trinajstić information content (AvgIpc) is 2.43. The molecule has 21 heavy (non-hydrogen) atoms. The summed E-state index contributed by atoms with van der Waals surface area (Å²) in [5.41, 5.74) is 0.520. The minimum atomic E-state index is -3.73. The molecule has 1 aromatic rings. The number of rotatable bonds is 9. The van der Waals surface area contributed by atoms with Crippen LogP contribution in [0.4, 0.5) is 0 Å². The number of carboxylic acids is 1. The van der Waals surface area contributed by atoms with E-state index in [1.54, 1.807) is 0 Å². The molecule has 0 unspecified atom stereocenters. The Morgan fingerprint density at radius 1 is 1.24 bits per heavy atom. The van der Waals surface area contributed by atoms with E-state index in [-0.39, 0.29) is 37.6 Å². The van der Waals surface area contributed by atoms with Gasteiger partial charge in [-0.25, -0.2) is 8.42 Å². The van der Waals surface area contributed by atoms with Crippen LogP contribution in [0.1, 0.15) is 5.56 Å². The summed E-state index contributed by atoms with van der Waals surface area (Å²) in [5, 5.41) is 17.7. The molecule has 0 atom stereocenters. The van der Waals surface area contributed by atoms with Crippen molar-refractivity contribution in [2.75, 3.05) is 33.4 Å². The van der Waals surface area contributed by atoms with Gasteiger partial charge in [0.25, 0.3) is 0 Å². The molecule has 0 heterocycles. The van der Waals surface area contributed by atoms with Crippen molar-refractivity contribution in [3.8, 4) is 0 Å².